The second-order valence-electron chi connectivity index (χ2n) is 6.69. The molecule has 0 atom stereocenters. The Morgan fingerprint density at radius 2 is 1.77 bits per heavy atom. The molecule has 0 unspecified atom stereocenters. The number of benzene rings is 2. The van der Waals surface area contributed by atoms with Crippen molar-refractivity contribution in [1.82, 2.24) is 14.8 Å². The molecule has 30 heavy (non-hydrogen) atoms. The summed E-state index contributed by atoms with van der Waals surface area (Å²) in [7, 11) is 0. The number of nitrogens with zero attached hydrogens (tertiary/aromatic N) is 5. The molecule has 1 saturated heterocycles. The molecule has 1 aromatic heterocycles. The number of rotatable bonds is 5. The summed E-state index contributed by atoms with van der Waals surface area (Å²) >= 11 is 0. The molecular weight excluding hydrogens is 382 g/mol. The second-order valence-corrected chi connectivity index (χ2v) is 6.69. The number of carboxylic acids is 1. The number of ether oxygens (including phenoxy) is 1. The summed E-state index contributed by atoms with van der Waals surface area (Å²) in [6, 6.07) is 18.2. The van der Waals surface area contributed by atoms with Crippen molar-refractivity contribution in [3.63, 3.8) is 0 Å². The number of hydrogen-bond donors (Lipinski definition) is 1. The molecule has 0 bridgehead atoms. The van der Waals surface area contributed by atoms with E-state index in [4.69, 9.17) is 9.84 Å². The van der Waals surface area contributed by atoms with Crippen LogP contribution in [-0.4, -0.2) is 52.1 Å². The monoisotopic (exact) mass is 401 g/mol. The summed E-state index contributed by atoms with van der Waals surface area (Å²) in [4.78, 5) is 13.2. The fourth-order valence-electron chi connectivity index (χ4n) is 3.27. The van der Waals surface area contributed by atoms with Gasteiger partial charge in [0.1, 0.15) is 6.07 Å². The lowest BCUT2D eigenvalue weighted by Crippen LogP contribution is -2.38. The molecule has 1 fully saturated rings. The van der Waals surface area contributed by atoms with Crippen LogP contribution in [0, 0.1) is 11.3 Å². The molecule has 2 aromatic carbocycles. The molecule has 1 N–H and O–H groups in total. The molecule has 0 amide bonds. The zero-order valence-electron chi connectivity index (χ0n) is 16.1. The van der Waals surface area contributed by atoms with Crippen LogP contribution < -0.4 is 4.90 Å². The van der Waals surface area contributed by atoms with Crippen molar-refractivity contribution in [2.75, 3.05) is 31.2 Å². The lowest BCUT2D eigenvalue weighted by molar-refractivity contribution is 0.0697. The molecular formula is C22H19N5O3. The number of para-hydroxylation sites is 1. The van der Waals surface area contributed by atoms with Crippen molar-refractivity contribution in [3.05, 3.63) is 71.5 Å². The third-order valence-electron chi connectivity index (χ3n) is 4.78. The fraction of sp³-hybridized carbons (Fsp3) is 0.182. The van der Waals surface area contributed by atoms with Gasteiger partial charge in [-0.2, -0.15) is 5.26 Å². The molecule has 3 aromatic rings. The zero-order chi connectivity index (χ0) is 20.9. The van der Waals surface area contributed by atoms with Crippen molar-refractivity contribution >= 4 is 23.6 Å². The van der Waals surface area contributed by atoms with Gasteiger partial charge in [-0.3, -0.25) is 4.57 Å². The maximum absolute atomic E-state index is 11.1. The number of anilines is 1. The van der Waals surface area contributed by atoms with Crippen molar-refractivity contribution in [1.29, 1.82) is 5.26 Å². The van der Waals surface area contributed by atoms with Gasteiger partial charge in [0.25, 0.3) is 0 Å². The average molecular weight is 401 g/mol. The van der Waals surface area contributed by atoms with Crippen LogP contribution in [0.4, 0.5) is 5.95 Å². The molecule has 0 saturated carbocycles. The van der Waals surface area contributed by atoms with Gasteiger partial charge in [0.15, 0.2) is 5.82 Å². The van der Waals surface area contributed by atoms with E-state index in [0.29, 0.717) is 49.2 Å². The van der Waals surface area contributed by atoms with Gasteiger partial charge in [-0.15, -0.1) is 10.2 Å². The molecule has 1 aliphatic rings. The lowest BCUT2D eigenvalue weighted by Gasteiger charge is -2.28. The number of morpholine rings is 1. The van der Waals surface area contributed by atoms with Gasteiger partial charge in [0.2, 0.25) is 5.95 Å². The van der Waals surface area contributed by atoms with Gasteiger partial charge in [0, 0.05) is 13.1 Å². The van der Waals surface area contributed by atoms with Crippen molar-refractivity contribution < 1.29 is 14.6 Å². The van der Waals surface area contributed by atoms with Gasteiger partial charge in [-0.1, -0.05) is 30.3 Å². The van der Waals surface area contributed by atoms with Crippen LogP contribution in [0.5, 0.6) is 0 Å². The molecule has 4 rings (SSSR count). The number of aromatic carboxylic acids is 1. The largest absolute Gasteiger partial charge is 0.478 e. The number of carbonyl (C=O) groups is 1. The quantitative estimate of drug-likeness (QED) is 0.656. The third kappa shape index (κ3) is 3.92. The predicted octanol–water partition coefficient (Wildman–Crippen LogP) is 2.87. The third-order valence-corrected chi connectivity index (χ3v) is 4.78. The van der Waals surface area contributed by atoms with Crippen molar-refractivity contribution in [2.45, 2.75) is 0 Å². The van der Waals surface area contributed by atoms with Crippen LogP contribution >= 0.6 is 0 Å². The first-order chi connectivity index (χ1) is 14.7. The Balaban J connectivity index is 1.79. The molecule has 150 valence electrons. The standard InChI is InChI=1S/C22H19N5O3/c23-15-18(14-16-6-8-17(9-7-16)21(28)29)20-24-25-22(26-10-12-30-13-11-26)27(20)19-4-2-1-3-5-19/h1-9,14H,10-13H2,(H,28,29)/b18-14+. The van der Waals surface area contributed by atoms with Crippen molar-refractivity contribution in [3.8, 4) is 11.8 Å². The summed E-state index contributed by atoms with van der Waals surface area (Å²) in [6.07, 6.45) is 1.68. The molecule has 0 radical (unpaired) electrons. The number of carboxylic acid groups (broad SMARTS) is 1. The van der Waals surface area contributed by atoms with Crippen LogP contribution in [-0.2, 0) is 4.74 Å². The maximum Gasteiger partial charge on any atom is 0.335 e. The van der Waals surface area contributed by atoms with E-state index in [1.165, 1.54) is 12.1 Å². The van der Waals surface area contributed by atoms with Gasteiger partial charge >= 0.3 is 5.97 Å². The van der Waals surface area contributed by atoms with Gasteiger partial charge < -0.3 is 14.7 Å². The number of allylic oxidation sites excluding steroid dienone is 1. The Kier molecular flexibility index (Phi) is 5.54. The van der Waals surface area contributed by atoms with E-state index in [0.717, 1.165) is 5.69 Å². The first-order valence-corrected chi connectivity index (χ1v) is 9.46. The molecule has 0 spiro atoms. The van der Waals surface area contributed by atoms with Crippen LogP contribution in [0.25, 0.3) is 17.3 Å². The lowest BCUT2D eigenvalue weighted by atomic mass is 10.1. The van der Waals surface area contributed by atoms with E-state index in [1.54, 1.807) is 18.2 Å². The first-order valence-electron chi connectivity index (χ1n) is 9.46. The summed E-state index contributed by atoms with van der Waals surface area (Å²) in [6.45, 7) is 2.59. The average Bonchev–Trinajstić information content (AvgIpc) is 3.24. The SMILES string of the molecule is N#C/C(=C\c1ccc(C(=O)O)cc1)c1nnc(N2CCOCC2)n1-c1ccccc1. The molecule has 8 heteroatoms. The summed E-state index contributed by atoms with van der Waals surface area (Å²) < 4.78 is 7.31. The molecule has 2 heterocycles. The van der Waals surface area contributed by atoms with Gasteiger partial charge in [0.05, 0.1) is 30.0 Å². The zero-order valence-corrected chi connectivity index (χ0v) is 16.1. The minimum Gasteiger partial charge on any atom is -0.478 e. The molecule has 1 aliphatic heterocycles. The fourth-order valence-corrected chi connectivity index (χ4v) is 3.27. The maximum atomic E-state index is 11.1. The Labute approximate surface area is 173 Å². The van der Waals surface area contributed by atoms with E-state index in [9.17, 15) is 10.1 Å². The highest BCUT2D eigenvalue weighted by Crippen LogP contribution is 2.26. The summed E-state index contributed by atoms with van der Waals surface area (Å²) in [5.74, 6) is 0.0828. The van der Waals surface area contributed by atoms with Gasteiger partial charge in [-0.25, -0.2) is 4.79 Å². The second kappa shape index (κ2) is 8.59. The minimum absolute atomic E-state index is 0.188. The van der Waals surface area contributed by atoms with Gasteiger partial charge in [-0.05, 0) is 35.9 Å². The molecule has 0 aliphatic carbocycles. The van der Waals surface area contributed by atoms with E-state index in [2.05, 4.69) is 21.2 Å². The van der Waals surface area contributed by atoms with Crippen LogP contribution in [0.3, 0.4) is 0 Å². The smallest absolute Gasteiger partial charge is 0.335 e. The van der Waals surface area contributed by atoms with Crippen molar-refractivity contribution in [2.24, 2.45) is 0 Å². The normalized spacial score (nSPS) is 14.4. The van der Waals surface area contributed by atoms with Crippen LogP contribution in [0.2, 0.25) is 0 Å². The van der Waals surface area contributed by atoms with E-state index < -0.39 is 5.97 Å². The number of hydrogen-bond acceptors (Lipinski definition) is 6. The Morgan fingerprint density at radius 1 is 1.07 bits per heavy atom. The Bertz CT molecular complexity index is 1110. The summed E-state index contributed by atoms with van der Waals surface area (Å²) in [5.41, 5.74) is 2.06. The highest BCUT2D eigenvalue weighted by molar-refractivity contribution is 5.90. The Morgan fingerprint density at radius 3 is 2.40 bits per heavy atom. The Hall–Kier alpha value is -3.96. The van der Waals surface area contributed by atoms with Crippen LogP contribution in [0.1, 0.15) is 21.7 Å². The minimum atomic E-state index is -0.995. The number of aromatic nitrogens is 3. The van der Waals surface area contributed by atoms with E-state index >= 15 is 0 Å². The topological polar surface area (TPSA) is 104 Å². The highest BCUT2D eigenvalue weighted by atomic mass is 16.5. The van der Waals surface area contributed by atoms with Crippen LogP contribution in [0.15, 0.2) is 54.6 Å². The van der Waals surface area contributed by atoms with E-state index in [1.807, 2.05) is 34.9 Å². The predicted molar refractivity (Wildman–Crippen MR) is 111 cm³/mol. The van der Waals surface area contributed by atoms with E-state index in [-0.39, 0.29) is 5.56 Å². The summed E-state index contributed by atoms with van der Waals surface area (Å²) in [5, 5.41) is 27.6. The number of nitriles is 1. The molecule has 8 nitrogen and oxygen atoms in total. The first kappa shape index (κ1) is 19.4. The highest BCUT2D eigenvalue weighted by Gasteiger charge is 2.23.